The summed E-state index contributed by atoms with van der Waals surface area (Å²) in [5.41, 5.74) is 9.42. The number of fused-ring (bicyclic) bond motifs is 1. The van der Waals surface area contributed by atoms with Crippen LogP contribution >= 0.6 is 24.0 Å². The van der Waals surface area contributed by atoms with Crippen molar-refractivity contribution in [1.29, 1.82) is 0 Å². The number of ether oxygens (including phenoxy) is 1. The Morgan fingerprint density at radius 2 is 1.96 bits per heavy atom. The smallest absolute Gasteiger partial charge is 0.410 e. The Balaban J connectivity index is 0.00000243. The summed E-state index contributed by atoms with van der Waals surface area (Å²) in [7, 11) is 0. The number of hydrogen-bond acceptors (Lipinski definition) is 3. The van der Waals surface area contributed by atoms with Crippen molar-refractivity contribution in [1.82, 2.24) is 4.90 Å². The van der Waals surface area contributed by atoms with Crippen molar-refractivity contribution in [2.24, 2.45) is 10.7 Å². The second-order valence-corrected chi connectivity index (χ2v) is 7.83. The predicted molar refractivity (Wildman–Crippen MR) is 115 cm³/mol. The number of aryl methyl sites for hydroxylation is 1. The molecule has 0 spiro atoms. The van der Waals surface area contributed by atoms with Gasteiger partial charge in [0, 0.05) is 18.8 Å². The van der Waals surface area contributed by atoms with E-state index >= 15 is 0 Å². The molecule has 6 nitrogen and oxygen atoms in total. The number of carbonyl (C=O) groups excluding carboxylic acids is 1. The Morgan fingerprint density at radius 1 is 1.27 bits per heavy atom. The quantitative estimate of drug-likeness (QED) is 0.392. The van der Waals surface area contributed by atoms with Crippen LogP contribution < -0.4 is 11.1 Å². The minimum atomic E-state index is -0.474. The van der Waals surface area contributed by atoms with E-state index in [1.807, 2.05) is 20.8 Å². The number of benzene rings is 1. The summed E-state index contributed by atoms with van der Waals surface area (Å²) < 4.78 is 5.34. The van der Waals surface area contributed by atoms with E-state index in [9.17, 15) is 4.79 Å². The molecule has 0 aromatic heterocycles. The van der Waals surface area contributed by atoms with Crippen LogP contribution in [0.5, 0.6) is 0 Å². The molecule has 7 heteroatoms. The molecule has 0 bridgehead atoms. The van der Waals surface area contributed by atoms with E-state index in [4.69, 9.17) is 10.5 Å². The number of anilines is 1. The maximum atomic E-state index is 11.9. The van der Waals surface area contributed by atoms with E-state index in [1.165, 1.54) is 24.0 Å². The van der Waals surface area contributed by atoms with Gasteiger partial charge >= 0.3 is 6.09 Å². The monoisotopic (exact) mass is 472 g/mol. The van der Waals surface area contributed by atoms with Gasteiger partial charge < -0.3 is 20.7 Å². The normalized spacial score (nSPS) is 17.7. The molecule has 3 N–H and O–H groups in total. The fourth-order valence-corrected chi connectivity index (χ4v) is 3.28. The van der Waals surface area contributed by atoms with Gasteiger partial charge in [-0.05, 0) is 63.6 Å². The SMILES string of the molecule is CC(C)(C)OC(=O)N1CC(N=C(N)Nc2cccc3c2CCCC3)C1.I. The van der Waals surface area contributed by atoms with Gasteiger partial charge in [0.1, 0.15) is 5.60 Å². The van der Waals surface area contributed by atoms with E-state index in [1.54, 1.807) is 4.90 Å². The highest BCUT2D eigenvalue weighted by Gasteiger charge is 2.33. The number of halogens is 1. The van der Waals surface area contributed by atoms with Crippen LogP contribution in [0, 0.1) is 0 Å². The van der Waals surface area contributed by atoms with Crippen LogP contribution in [0.15, 0.2) is 23.2 Å². The molecular formula is C19H29IN4O2. The van der Waals surface area contributed by atoms with Gasteiger partial charge in [0.25, 0.3) is 0 Å². The molecule has 3 rings (SSSR count). The Kier molecular flexibility index (Phi) is 6.76. The van der Waals surface area contributed by atoms with Crippen LogP contribution in [0.4, 0.5) is 10.5 Å². The molecule has 1 heterocycles. The van der Waals surface area contributed by atoms with Crippen LogP contribution in [-0.2, 0) is 17.6 Å². The summed E-state index contributed by atoms with van der Waals surface area (Å²) in [6, 6.07) is 6.34. The molecule has 1 saturated heterocycles. The van der Waals surface area contributed by atoms with Crippen molar-refractivity contribution in [3.8, 4) is 0 Å². The summed E-state index contributed by atoms with van der Waals surface area (Å²) in [6.07, 6.45) is 4.40. The molecule has 1 fully saturated rings. The van der Waals surface area contributed by atoms with Gasteiger partial charge in [0.05, 0.1) is 6.04 Å². The lowest BCUT2D eigenvalue weighted by molar-refractivity contribution is 0.00905. The van der Waals surface area contributed by atoms with Gasteiger partial charge in [0.15, 0.2) is 5.96 Å². The average Bonchev–Trinajstić information content (AvgIpc) is 2.49. The topological polar surface area (TPSA) is 80.0 Å². The number of nitrogens with zero attached hydrogens (tertiary/aromatic N) is 2. The summed E-state index contributed by atoms with van der Waals surface area (Å²) in [6.45, 7) is 6.68. The fraction of sp³-hybridized carbons (Fsp3) is 0.579. The first kappa shape index (κ1) is 20.8. The van der Waals surface area contributed by atoms with Crippen molar-refractivity contribution in [3.63, 3.8) is 0 Å². The average molecular weight is 472 g/mol. The number of nitrogens with one attached hydrogen (secondary N) is 1. The highest BCUT2D eigenvalue weighted by atomic mass is 127. The number of rotatable bonds is 2. The van der Waals surface area contributed by atoms with E-state index in [2.05, 4.69) is 28.5 Å². The van der Waals surface area contributed by atoms with E-state index in [0.717, 1.165) is 18.5 Å². The zero-order valence-corrected chi connectivity index (χ0v) is 18.1. The van der Waals surface area contributed by atoms with E-state index in [-0.39, 0.29) is 36.1 Å². The highest BCUT2D eigenvalue weighted by Crippen LogP contribution is 2.27. The maximum absolute atomic E-state index is 11.9. The third-order valence-electron chi connectivity index (χ3n) is 4.49. The lowest BCUT2D eigenvalue weighted by atomic mass is 9.90. The molecular weight excluding hydrogens is 443 g/mol. The van der Waals surface area contributed by atoms with Gasteiger partial charge in [-0.15, -0.1) is 24.0 Å². The minimum Gasteiger partial charge on any atom is -0.444 e. The van der Waals surface area contributed by atoms with Crippen LogP contribution in [0.2, 0.25) is 0 Å². The molecule has 2 aliphatic rings. The number of hydrogen-bond donors (Lipinski definition) is 2. The summed E-state index contributed by atoms with van der Waals surface area (Å²) >= 11 is 0. The maximum Gasteiger partial charge on any atom is 0.410 e. The number of amides is 1. The Labute approximate surface area is 172 Å². The lowest BCUT2D eigenvalue weighted by Gasteiger charge is -2.37. The predicted octanol–water partition coefficient (Wildman–Crippen LogP) is 3.53. The third-order valence-corrected chi connectivity index (χ3v) is 4.49. The number of likely N-dealkylation sites (tertiary alicyclic amines) is 1. The van der Waals surface area contributed by atoms with Gasteiger partial charge in [0.2, 0.25) is 0 Å². The molecule has 144 valence electrons. The van der Waals surface area contributed by atoms with Crippen LogP contribution in [0.3, 0.4) is 0 Å². The molecule has 0 radical (unpaired) electrons. The molecule has 0 atom stereocenters. The Hall–Kier alpha value is -1.51. The van der Waals surface area contributed by atoms with Crippen LogP contribution in [0.25, 0.3) is 0 Å². The molecule has 1 amide bonds. The Morgan fingerprint density at radius 3 is 2.65 bits per heavy atom. The first-order valence-corrected chi connectivity index (χ1v) is 9.01. The van der Waals surface area contributed by atoms with Crippen molar-refractivity contribution in [2.45, 2.75) is 58.1 Å². The highest BCUT2D eigenvalue weighted by molar-refractivity contribution is 14.0. The minimum absolute atomic E-state index is 0. The van der Waals surface area contributed by atoms with Gasteiger partial charge in [-0.3, -0.25) is 0 Å². The standard InChI is InChI=1S/C19H28N4O2.HI/c1-19(2,3)25-18(24)23-11-14(12-23)21-17(20)22-16-10-6-8-13-7-4-5-9-15(13)16;/h6,8,10,14H,4-5,7,9,11-12H2,1-3H3,(H3,20,21,22);1H. The zero-order valence-electron chi connectivity index (χ0n) is 15.7. The fourth-order valence-electron chi connectivity index (χ4n) is 3.28. The van der Waals surface area contributed by atoms with Crippen LogP contribution in [-0.4, -0.2) is 41.7 Å². The van der Waals surface area contributed by atoms with Crippen molar-refractivity contribution >= 4 is 41.7 Å². The zero-order chi connectivity index (χ0) is 18.0. The molecule has 1 aliphatic carbocycles. The van der Waals surface area contributed by atoms with Gasteiger partial charge in [-0.1, -0.05) is 12.1 Å². The second kappa shape index (κ2) is 8.45. The molecule has 0 saturated carbocycles. The summed E-state index contributed by atoms with van der Waals surface area (Å²) in [5, 5.41) is 3.24. The second-order valence-electron chi connectivity index (χ2n) is 7.83. The largest absolute Gasteiger partial charge is 0.444 e. The first-order valence-electron chi connectivity index (χ1n) is 9.01. The number of nitrogens with two attached hydrogens (primary N) is 1. The number of aliphatic imine (C=N–C) groups is 1. The molecule has 0 unspecified atom stereocenters. The molecule has 1 aromatic carbocycles. The summed E-state index contributed by atoms with van der Waals surface area (Å²) in [4.78, 5) is 18.1. The number of carbonyl (C=O) groups is 1. The Bertz CT molecular complexity index is 679. The molecule has 1 aromatic rings. The van der Waals surface area contributed by atoms with Crippen molar-refractivity contribution in [3.05, 3.63) is 29.3 Å². The van der Waals surface area contributed by atoms with Gasteiger partial charge in [-0.25, -0.2) is 9.79 Å². The van der Waals surface area contributed by atoms with E-state index < -0.39 is 5.60 Å². The summed E-state index contributed by atoms with van der Waals surface area (Å²) in [5.74, 6) is 0.410. The first-order chi connectivity index (χ1) is 11.8. The van der Waals surface area contributed by atoms with Crippen LogP contribution in [0.1, 0.15) is 44.7 Å². The third kappa shape index (κ3) is 5.25. The molecule has 26 heavy (non-hydrogen) atoms. The van der Waals surface area contributed by atoms with Gasteiger partial charge in [-0.2, -0.15) is 0 Å². The van der Waals surface area contributed by atoms with E-state index in [0.29, 0.717) is 19.0 Å². The lowest BCUT2D eigenvalue weighted by Crippen LogP contribution is -2.54. The number of guanidine groups is 1. The van der Waals surface area contributed by atoms with Crippen molar-refractivity contribution < 1.29 is 9.53 Å². The van der Waals surface area contributed by atoms with Crippen molar-refractivity contribution in [2.75, 3.05) is 18.4 Å². The molecule has 1 aliphatic heterocycles.